The van der Waals surface area contributed by atoms with Crippen molar-refractivity contribution in [3.63, 3.8) is 0 Å². The third kappa shape index (κ3) is 3.76. The summed E-state index contributed by atoms with van der Waals surface area (Å²) >= 11 is 0. The van der Waals surface area contributed by atoms with Crippen molar-refractivity contribution in [1.29, 1.82) is 0 Å². The zero-order chi connectivity index (χ0) is 18.4. The van der Waals surface area contributed by atoms with E-state index in [1.165, 1.54) is 0 Å². The fourth-order valence-electron chi connectivity index (χ4n) is 2.44. The van der Waals surface area contributed by atoms with Crippen LogP contribution in [0.1, 0.15) is 0 Å². The largest absolute Gasteiger partial charge is 0.494 e. The maximum atomic E-state index is 5.43. The number of nitrogens with one attached hydrogen (secondary N) is 1. The van der Waals surface area contributed by atoms with E-state index in [2.05, 4.69) is 5.32 Å². The molecule has 0 unspecified atom stereocenters. The molecule has 1 N–H and O–H groups in total. The third-order valence-electron chi connectivity index (χ3n) is 3.65. The van der Waals surface area contributed by atoms with Crippen molar-refractivity contribution in [2.45, 2.75) is 0 Å². The van der Waals surface area contributed by atoms with E-state index in [9.17, 15) is 0 Å². The van der Waals surface area contributed by atoms with Crippen LogP contribution in [0.25, 0.3) is 0 Å². The molecule has 0 heterocycles. The summed E-state index contributed by atoms with van der Waals surface area (Å²) in [7, 11) is 9.43. The lowest BCUT2D eigenvalue weighted by Crippen LogP contribution is -2.00. The van der Waals surface area contributed by atoms with E-state index in [1.807, 2.05) is 0 Å². The average molecular weight is 349 g/mol. The fraction of sp³-hybridized carbons (Fsp3) is 0.333. The molecule has 136 valence electrons. The first kappa shape index (κ1) is 18.4. The minimum atomic E-state index is 0.523. The van der Waals surface area contributed by atoms with Gasteiger partial charge in [-0.3, -0.25) is 0 Å². The molecule has 0 aromatic heterocycles. The van der Waals surface area contributed by atoms with Gasteiger partial charge in [-0.1, -0.05) is 0 Å². The van der Waals surface area contributed by atoms with Crippen LogP contribution in [-0.2, 0) is 0 Å². The first-order valence-electron chi connectivity index (χ1n) is 7.48. The van der Waals surface area contributed by atoms with Gasteiger partial charge in [0.15, 0.2) is 23.0 Å². The number of benzene rings is 2. The van der Waals surface area contributed by atoms with Gasteiger partial charge in [0.1, 0.15) is 5.75 Å². The van der Waals surface area contributed by atoms with Crippen LogP contribution >= 0.6 is 0 Å². The van der Waals surface area contributed by atoms with Gasteiger partial charge in [-0.2, -0.15) is 0 Å². The molecule has 25 heavy (non-hydrogen) atoms. The molecule has 0 atom stereocenters. The van der Waals surface area contributed by atoms with Crippen LogP contribution in [0.2, 0.25) is 0 Å². The van der Waals surface area contributed by atoms with E-state index >= 15 is 0 Å². The van der Waals surface area contributed by atoms with Crippen LogP contribution in [0.4, 0.5) is 11.4 Å². The van der Waals surface area contributed by atoms with Crippen molar-refractivity contribution in [3.8, 4) is 34.5 Å². The van der Waals surface area contributed by atoms with E-state index in [-0.39, 0.29) is 0 Å². The lowest BCUT2D eigenvalue weighted by molar-refractivity contribution is 0.324. The molecule has 0 fully saturated rings. The standard InChI is InChI=1S/C18H23NO6/c1-20-13-10-15(22-3)14(21-2)9-12(13)19-11-7-16(23-4)18(25-6)17(8-11)24-5/h7-10,19H,1-6H3. The number of rotatable bonds is 8. The molecule has 0 spiro atoms. The van der Waals surface area contributed by atoms with Crippen molar-refractivity contribution in [2.24, 2.45) is 0 Å². The van der Waals surface area contributed by atoms with Gasteiger partial charge in [0.05, 0.1) is 48.3 Å². The predicted molar refractivity (Wildman–Crippen MR) is 95.5 cm³/mol. The van der Waals surface area contributed by atoms with Crippen LogP contribution in [0.3, 0.4) is 0 Å². The average Bonchev–Trinajstić information content (AvgIpc) is 2.66. The summed E-state index contributed by atoms with van der Waals surface area (Å²) in [5.74, 6) is 3.38. The van der Waals surface area contributed by atoms with Gasteiger partial charge in [-0.05, 0) is 0 Å². The second-order valence-corrected chi connectivity index (χ2v) is 4.95. The third-order valence-corrected chi connectivity index (χ3v) is 3.65. The molecular formula is C18H23NO6. The fourth-order valence-corrected chi connectivity index (χ4v) is 2.44. The number of methoxy groups -OCH3 is 6. The molecule has 0 saturated heterocycles. The van der Waals surface area contributed by atoms with Gasteiger partial charge in [0, 0.05) is 30.0 Å². The topological polar surface area (TPSA) is 67.4 Å². The summed E-state index contributed by atoms with van der Waals surface area (Å²) in [4.78, 5) is 0. The highest BCUT2D eigenvalue weighted by atomic mass is 16.5. The van der Waals surface area contributed by atoms with Gasteiger partial charge in [0.25, 0.3) is 0 Å². The Hall–Kier alpha value is -2.96. The SMILES string of the molecule is COc1cc(OC)c(OC)cc1Nc1cc(OC)c(OC)c(OC)c1. The molecule has 0 saturated carbocycles. The first-order valence-corrected chi connectivity index (χ1v) is 7.48. The van der Waals surface area contributed by atoms with E-state index in [4.69, 9.17) is 28.4 Å². The molecule has 2 aromatic carbocycles. The van der Waals surface area contributed by atoms with Crippen LogP contribution in [0, 0.1) is 0 Å². The molecule has 0 aliphatic rings. The Morgan fingerprint density at radius 1 is 0.520 bits per heavy atom. The summed E-state index contributed by atoms with van der Waals surface area (Å²) < 4.78 is 32.2. The molecule has 7 heteroatoms. The number of anilines is 2. The molecule has 0 radical (unpaired) electrons. The number of ether oxygens (including phenoxy) is 6. The molecule has 0 aliphatic heterocycles. The Labute approximate surface area is 147 Å². The zero-order valence-corrected chi connectivity index (χ0v) is 15.3. The van der Waals surface area contributed by atoms with Gasteiger partial charge in [-0.15, -0.1) is 0 Å². The minimum Gasteiger partial charge on any atom is -0.494 e. The monoisotopic (exact) mass is 349 g/mol. The van der Waals surface area contributed by atoms with Crippen LogP contribution in [0.15, 0.2) is 24.3 Å². The van der Waals surface area contributed by atoms with Crippen molar-refractivity contribution in [3.05, 3.63) is 24.3 Å². The second kappa shape index (κ2) is 8.23. The maximum Gasteiger partial charge on any atom is 0.203 e. The van der Waals surface area contributed by atoms with E-state index in [0.29, 0.717) is 40.2 Å². The lowest BCUT2D eigenvalue weighted by atomic mass is 10.2. The van der Waals surface area contributed by atoms with E-state index in [1.54, 1.807) is 66.9 Å². The minimum absolute atomic E-state index is 0.523. The summed E-state index contributed by atoms with van der Waals surface area (Å²) in [6, 6.07) is 7.15. The van der Waals surface area contributed by atoms with Crippen molar-refractivity contribution < 1.29 is 28.4 Å². The number of hydrogen-bond donors (Lipinski definition) is 1. The highest BCUT2D eigenvalue weighted by molar-refractivity contribution is 5.73. The molecule has 2 aromatic rings. The van der Waals surface area contributed by atoms with Crippen molar-refractivity contribution >= 4 is 11.4 Å². The van der Waals surface area contributed by atoms with Crippen molar-refractivity contribution in [2.75, 3.05) is 48.0 Å². The van der Waals surface area contributed by atoms with Gasteiger partial charge in [0.2, 0.25) is 5.75 Å². The second-order valence-electron chi connectivity index (χ2n) is 4.95. The van der Waals surface area contributed by atoms with E-state index in [0.717, 1.165) is 5.69 Å². The zero-order valence-electron chi connectivity index (χ0n) is 15.3. The first-order chi connectivity index (χ1) is 12.1. The Morgan fingerprint density at radius 2 is 1.00 bits per heavy atom. The van der Waals surface area contributed by atoms with E-state index < -0.39 is 0 Å². The Bertz CT molecular complexity index is 707. The normalized spacial score (nSPS) is 10.0. The van der Waals surface area contributed by atoms with Gasteiger partial charge < -0.3 is 33.7 Å². The molecule has 0 amide bonds. The summed E-state index contributed by atoms with van der Waals surface area (Å²) in [5, 5.41) is 3.27. The smallest absolute Gasteiger partial charge is 0.203 e. The Kier molecular flexibility index (Phi) is 6.05. The maximum absolute atomic E-state index is 5.43. The van der Waals surface area contributed by atoms with Crippen LogP contribution in [0.5, 0.6) is 34.5 Å². The Balaban J connectivity index is 2.48. The van der Waals surface area contributed by atoms with Gasteiger partial charge in [-0.25, -0.2) is 0 Å². The molecular weight excluding hydrogens is 326 g/mol. The molecule has 0 aliphatic carbocycles. The predicted octanol–water partition coefficient (Wildman–Crippen LogP) is 3.48. The lowest BCUT2D eigenvalue weighted by Gasteiger charge is -2.18. The summed E-state index contributed by atoms with van der Waals surface area (Å²) in [5.41, 5.74) is 1.44. The summed E-state index contributed by atoms with van der Waals surface area (Å²) in [6.45, 7) is 0. The number of hydrogen-bond acceptors (Lipinski definition) is 7. The van der Waals surface area contributed by atoms with Crippen LogP contribution < -0.4 is 33.7 Å². The molecule has 7 nitrogen and oxygen atoms in total. The Morgan fingerprint density at radius 3 is 1.44 bits per heavy atom. The van der Waals surface area contributed by atoms with Gasteiger partial charge >= 0.3 is 0 Å². The molecule has 2 rings (SSSR count). The highest BCUT2D eigenvalue weighted by Gasteiger charge is 2.16. The highest BCUT2D eigenvalue weighted by Crippen LogP contribution is 2.43. The van der Waals surface area contributed by atoms with Crippen molar-refractivity contribution in [1.82, 2.24) is 0 Å². The van der Waals surface area contributed by atoms with Crippen LogP contribution in [-0.4, -0.2) is 42.7 Å². The molecule has 0 bridgehead atoms. The quantitative estimate of drug-likeness (QED) is 0.782. The summed E-state index contributed by atoms with van der Waals surface area (Å²) in [6.07, 6.45) is 0.